The van der Waals surface area contributed by atoms with Crippen molar-refractivity contribution in [1.82, 2.24) is 15.1 Å². The zero-order chi connectivity index (χ0) is 14.4. The normalized spacial score (nSPS) is 10.3. The van der Waals surface area contributed by atoms with Crippen LogP contribution < -0.4 is 5.73 Å². The third-order valence-corrected chi connectivity index (χ3v) is 2.83. The molecule has 0 spiro atoms. The van der Waals surface area contributed by atoms with Crippen LogP contribution in [0, 0.1) is 0 Å². The molecule has 6 nitrogen and oxygen atoms in total. The van der Waals surface area contributed by atoms with Crippen molar-refractivity contribution in [2.75, 3.05) is 13.1 Å². The Balaban J connectivity index is 2.97. The Labute approximate surface area is 120 Å². The number of nitrogens with zero attached hydrogens (tertiary/aromatic N) is 3. The fourth-order valence-corrected chi connectivity index (χ4v) is 1.78. The van der Waals surface area contributed by atoms with Gasteiger partial charge in [0.1, 0.15) is 0 Å². The van der Waals surface area contributed by atoms with Crippen LogP contribution in [0.2, 0.25) is 10.3 Å². The molecule has 0 radical (unpaired) electrons. The molecule has 0 aromatic carbocycles. The van der Waals surface area contributed by atoms with Gasteiger partial charge in [-0.3, -0.25) is 9.59 Å². The Morgan fingerprint density at radius 3 is 2.63 bits per heavy atom. The van der Waals surface area contributed by atoms with Gasteiger partial charge in [0.05, 0.1) is 12.1 Å². The number of rotatable bonds is 6. The molecule has 1 rings (SSSR count). The number of hydrogen-bond acceptors (Lipinski definition) is 4. The van der Waals surface area contributed by atoms with Crippen LogP contribution in [-0.4, -0.2) is 40.0 Å². The lowest BCUT2D eigenvalue weighted by Crippen LogP contribution is -2.39. The molecule has 0 aliphatic rings. The second kappa shape index (κ2) is 7.25. The third kappa shape index (κ3) is 4.65. The van der Waals surface area contributed by atoms with E-state index in [1.807, 2.05) is 6.92 Å². The van der Waals surface area contributed by atoms with Gasteiger partial charge in [-0.2, -0.15) is 0 Å². The van der Waals surface area contributed by atoms with Crippen LogP contribution in [0.25, 0.3) is 0 Å². The predicted octanol–water partition coefficient (Wildman–Crippen LogP) is 1.51. The molecule has 0 atom stereocenters. The van der Waals surface area contributed by atoms with Crippen molar-refractivity contribution in [2.45, 2.75) is 19.8 Å². The van der Waals surface area contributed by atoms with E-state index in [1.54, 1.807) is 0 Å². The van der Waals surface area contributed by atoms with Crippen molar-refractivity contribution in [1.29, 1.82) is 0 Å². The zero-order valence-corrected chi connectivity index (χ0v) is 11.9. The first kappa shape index (κ1) is 15.7. The van der Waals surface area contributed by atoms with E-state index in [-0.39, 0.29) is 22.4 Å². The van der Waals surface area contributed by atoms with E-state index in [1.165, 1.54) is 11.0 Å². The van der Waals surface area contributed by atoms with E-state index in [4.69, 9.17) is 28.9 Å². The molecule has 2 N–H and O–H groups in total. The molecular formula is C11H14Cl2N4O2. The van der Waals surface area contributed by atoms with E-state index >= 15 is 0 Å². The highest BCUT2D eigenvalue weighted by Crippen LogP contribution is 2.17. The maximum atomic E-state index is 12.3. The lowest BCUT2D eigenvalue weighted by molar-refractivity contribution is -0.118. The van der Waals surface area contributed by atoms with Gasteiger partial charge in [0.15, 0.2) is 10.3 Å². The Hall–Kier alpha value is -1.40. The molecule has 0 unspecified atom stereocenters. The van der Waals surface area contributed by atoms with Crippen molar-refractivity contribution in [3.8, 4) is 0 Å². The molecule has 0 aliphatic carbocycles. The van der Waals surface area contributed by atoms with Gasteiger partial charge in [-0.05, 0) is 12.5 Å². The lowest BCUT2D eigenvalue weighted by Gasteiger charge is -2.21. The molecule has 0 saturated heterocycles. The minimum absolute atomic E-state index is 0.0552. The molecule has 1 heterocycles. The molecule has 0 saturated carbocycles. The van der Waals surface area contributed by atoms with Gasteiger partial charge in [0, 0.05) is 6.54 Å². The average Bonchev–Trinajstić information content (AvgIpc) is 2.36. The standard InChI is InChI=1S/C11H14Cl2N4O2/c1-2-3-4-17(6-9(14)18)11(19)7-5-8(12)15-16-10(7)13/h5H,2-4,6H2,1H3,(H2,14,18). The second-order valence-electron chi connectivity index (χ2n) is 3.92. The van der Waals surface area contributed by atoms with Crippen molar-refractivity contribution < 1.29 is 9.59 Å². The number of carbonyl (C=O) groups excluding carboxylic acids is 2. The number of nitrogens with two attached hydrogens (primary N) is 1. The summed E-state index contributed by atoms with van der Waals surface area (Å²) in [6.45, 7) is 2.22. The lowest BCUT2D eigenvalue weighted by atomic mass is 10.2. The Kier molecular flexibility index (Phi) is 5.98. The van der Waals surface area contributed by atoms with Gasteiger partial charge in [0.25, 0.3) is 5.91 Å². The molecule has 8 heteroatoms. The fraction of sp³-hybridized carbons (Fsp3) is 0.455. The molecule has 0 fully saturated rings. The minimum Gasteiger partial charge on any atom is -0.368 e. The Bertz CT molecular complexity index is 482. The third-order valence-electron chi connectivity index (χ3n) is 2.36. The van der Waals surface area contributed by atoms with Gasteiger partial charge in [-0.15, -0.1) is 10.2 Å². The monoisotopic (exact) mass is 304 g/mol. The Morgan fingerprint density at radius 2 is 2.05 bits per heavy atom. The Morgan fingerprint density at radius 1 is 1.37 bits per heavy atom. The number of unbranched alkanes of at least 4 members (excludes halogenated alkanes) is 1. The molecule has 19 heavy (non-hydrogen) atoms. The quantitative estimate of drug-likeness (QED) is 0.862. The predicted molar refractivity (Wildman–Crippen MR) is 72.1 cm³/mol. The van der Waals surface area contributed by atoms with E-state index in [0.717, 1.165) is 12.8 Å². The van der Waals surface area contributed by atoms with Crippen molar-refractivity contribution in [3.05, 3.63) is 21.9 Å². The van der Waals surface area contributed by atoms with Gasteiger partial charge in [0.2, 0.25) is 5.91 Å². The van der Waals surface area contributed by atoms with Gasteiger partial charge in [-0.1, -0.05) is 36.5 Å². The van der Waals surface area contributed by atoms with Crippen LogP contribution in [-0.2, 0) is 4.79 Å². The van der Waals surface area contributed by atoms with Gasteiger partial charge < -0.3 is 10.6 Å². The van der Waals surface area contributed by atoms with E-state index < -0.39 is 11.8 Å². The largest absolute Gasteiger partial charge is 0.368 e. The van der Waals surface area contributed by atoms with Gasteiger partial charge >= 0.3 is 0 Å². The van der Waals surface area contributed by atoms with E-state index in [0.29, 0.717) is 6.54 Å². The first-order valence-corrected chi connectivity index (χ1v) is 6.47. The zero-order valence-electron chi connectivity index (χ0n) is 10.4. The summed E-state index contributed by atoms with van der Waals surface area (Å²) in [7, 11) is 0. The maximum Gasteiger partial charge on any atom is 0.257 e. The fourth-order valence-electron chi connectivity index (χ4n) is 1.46. The summed E-state index contributed by atoms with van der Waals surface area (Å²) in [5.41, 5.74) is 5.24. The number of primary amides is 1. The van der Waals surface area contributed by atoms with Crippen LogP contribution in [0.1, 0.15) is 30.1 Å². The highest BCUT2D eigenvalue weighted by atomic mass is 35.5. The van der Waals surface area contributed by atoms with Crippen molar-refractivity contribution in [3.63, 3.8) is 0 Å². The highest BCUT2D eigenvalue weighted by Gasteiger charge is 2.21. The molecule has 104 valence electrons. The van der Waals surface area contributed by atoms with Crippen LogP contribution in [0.3, 0.4) is 0 Å². The van der Waals surface area contributed by atoms with Crippen LogP contribution in [0.15, 0.2) is 6.07 Å². The minimum atomic E-state index is -0.589. The molecule has 1 aromatic heterocycles. The summed E-state index contributed by atoms with van der Waals surface area (Å²) < 4.78 is 0. The number of hydrogen-bond donors (Lipinski definition) is 1. The van der Waals surface area contributed by atoms with Crippen LogP contribution in [0.5, 0.6) is 0 Å². The van der Waals surface area contributed by atoms with E-state index in [9.17, 15) is 9.59 Å². The molecule has 1 aromatic rings. The maximum absolute atomic E-state index is 12.3. The number of amides is 2. The van der Waals surface area contributed by atoms with Gasteiger partial charge in [-0.25, -0.2) is 0 Å². The average molecular weight is 305 g/mol. The van der Waals surface area contributed by atoms with Crippen molar-refractivity contribution >= 4 is 35.0 Å². The van der Waals surface area contributed by atoms with Crippen LogP contribution in [0.4, 0.5) is 0 Å². The number of halogens is 2. The van der Waals surface area contributed by atoms with Crippen molar-refractivity contribution in [2.24, 2.45) is 5.73 Å². The topological polar surface area (TPSA) is 89.2 Å². The second-order valence-corrected chi connectivity index (χ2v) is 4.66. The van der Waals surface area contributed by atoms with E-state index in [2.05, 4.69) is 10.2 Å². The molecule has 2 amide bonds. The summed E-state index contributed by atoms with van der Waals surface area (Å²) in [5, 5.41) is 7.09. The first-order chi connectivity index (χ1) is 8.95. The number of carbonyl (C=O) groups is 2. The number of aromatic nitrogens is 2. The molecule has 0 aliphatic heterocycles. The summed E-state index contributed by atoms with van der Waals surface area (Å²) in [5.74, 6) is -1.03. The SMILES string of the molecule is CCCCN(CC(N)=O)C(=O)c1cc(Cl)nnc1Cl. The molecular weight excluding hydrogens is 291 g/mol. The highest BCUT2D eigenvalue weighted by molar-refractivity contribution is 6.34. The smallest absolute Gasteiger partial charge is 0.257 e. The molecule has 0 bridgehead atoms. The summed E-state index contributed by atoms with van der Waals surface area (Å²) in [6.07, 6.45) is 1.63. The summed E-state index contributed by atoms with van der Waals surface area (Å²) in [4.78, 5) is 24.6. The summed E-state index contributed by atoms with van der Waals surface area (Å²) >= 11 is 11.5. The first-order valence-electron chi connectivity index (χ1n) is 5.72. The van der Waals surface area contributed by atoms with Crippen LogP contribution >= 0.6 is 23.2 Å². The summed E-state index contributed by atoms with van der Waals surface area (Å²) in [6, 6.07) is 1.32.